The predicted octanol–water partition coefficient (Wildman–Crippen LogP) is 5.73. The van der Waals surface area contributed by atoms with E-state index in [1.807, 2.05) is 17.5 Å². The Morgan fingerprint density at radius 2 is 1.67 bits per heavy atom. The highest BCUT2D eigenvalue weighted by molar-refractivity contribution is 7.10. The van der Waals surface area contributed by atoms with E-state index in [-0.39, 0.29) is 24.2 Å². The van der Waals surface area contributed by atoms with Gasteiger partial charge in [0, 0.05) is 37.0 Å². The summed E-state index contributed by atoms with van der Waals surface area (Å²) in [6, 6.07) is 5.33. The summed E-state index contributed by atoms with van der Waals surface area (Å²) < 4.78 is 84.6. The van der Waals surface area contributed by atoms with Gasteiger partial charge in [-0.25, -0.2) is 0 Å². The monoisotopic (exact) mass is 537 g/mol. The molecule has 1 aliphatic rings. The first-order chi connectivity index (χ1) is 17.0. The number of oxime groups is 1. The van der Waals surface area contributed by atoms with E-state index in [0.717, 1.165) is 44.0 Å². The Kier molecular flexibility index (Phi) is 9.79. The van der Waals surface area contributed by atoms with Gasteiger partial charge < -0.3 is 19.4 Å². The molecule has 2 aromatic rings. The van der Waals surface area contributed by atoms with E-state index < -0.39 is 30.1 Å². The third-order valence-corrected chi connectivity index (χ3v) is 6.98. The highest BCUT2D eigenvalue weighted by atomic mass is 32.1. The Hall–Kier alpha value is -2.15. The van der Waals surface area contributed by atoms with Crippen LogP contribution in [0.15, 0.2) is 40.9 Å². The second kappa shape index (κ2) is 12.4. The molecule has 1 aromatic heterocycles. The van der Waals surface area contributed by atoms with Crippen LogP contribution in [0.2, 0.25) is 0 Å². The Morgan fingerprint density at radius 3 is 2.19 bits per heavy atom. The van der Waals surface area contributed by atoms with Crippen LogP contribution in [0.25, 0.3) is 0 Å². The van der Waals surface area contributed by atoms with Crippen molar-refractivity contribution in [3.05, 3.63) is 57.3 Å². The van der Waals surface area contributed by atoms with Crippen LogP contribution in [-0.2, 0) is 28.5 Å². The van der Waals surface area contributed by atoms with Gasteiger partial charge >= 0.3 is 12.4 Å². The molecule has 0 saturated carbocycles. The Bertz CT molecular complexity index is 954. The molecule has 1 aromatic carbocycles. The molecule has 1 saturated heterocycles. The zero-order valence-electron chi connectivity index (χ0n) is 20.0. The molecule has 0 aliphatic carbocycles. The zero-order valence-corrected chi connectivity index (χ0v) is 20.8. The third-order valence-electron chi connectivity index (χ3n) is 5.99. The summed E-state index contributed by atoms with van der Waals surface area (Å²) >= 11 is 1.54. The fraction of sp³-hybridized carbons (Fsp3) is 0.542. The molecule has 1 atom stereocenters. The lowest BCUT2D eigenvalue weighted by atomic mass is 9.97. The van der Waals surface area contributed by atoms with E-state index in [1.165, 1.54) is 7.11 Å². The van der Waals surface area contributed by atoms with Crippen LogP contribution in [0.4, 0.5) is 26.3 Å². The van der Waals surface area contributed by atoms with E-state index >= 15 is 0 Å². The maximum atomic E-state index is 13.2. The van der Waals surface area contributed by atoms with Crippen LogP contribution in [0, 0.1) is 0 Å². The van der Waals surface area contributed by atoms with E-state index in [2.05, 4.69) is 22.0 Å². The number of nitrogens with zero attached hydrogens (tertiary/aromatic N) is 3. The summed E-state index contributed by atoms with van der Waals surface area (Å²) in [6.07, 6.45) is -9.10. The Labute approximate surface area is 210 Å². The van der Waals surface area contributed by atoms with Gasteiger partial charge in [0.15, 0.2) is 0 Å². The van der Waals surface area contributed by atoms with Gasteiger partial charge in [0.25, 0.3) is 0 Å². The van der Waals surface area contributed by atoms with E-state index in [0.29, 0.717) is 17.8 Å². The van der Waals surface area contributed by atoms with Crippen molar-refractivity contribution < 1.29 is 35.9 Å². The van der Waals surface area contributed by atoms with E-state index in [1.54, 1.807) is 11.3 Å². The Morgan fingerprint density at radius 1 is 1.03 bits per heavy atom. The van der Waals surface area contributed by atoms with Gasteiger partial charge in [-0.1, -0.05) is 11.2 Å². The molecule has 3 rings (SSSR count). The molecule has 1 unspecified atom stereocenters. The smallest absolute Gasteiger partial charge is 0.399 e. The van der Waals surface area contributed by atoms with E-state index in [9.17, 15) is 26.3 Å². The Balaban J connectivity index is 1.72. The number of alkyl halides is 6. The topological polar surface area (TPSA) is 37.3 Å². The first-order valence-corrected chi connectivity index (χ1v) is 12.3. The molecule has 1 fully saturated rings. The summed E-state index contributed by atoms with van der Waals surface area (Å²) in [6.45, 7) is 4.10. The normalized spacial score (nSPS) is 17.4. The lowest BCUT2D eigenvalue weighted by Gasteiger charge is -2.33. The maximum Gasteiger partial charge on any atom is 0.416 e. The zero-order chi connectivity index (χ0) is 26.3. The van der Waals surface area contributed by atoms with Gasteiger partial charge in [-0.2, -0.15) is 26.3 Å². The van der Waals surface area contributed by atoms with Crippen molar-refractivity contribution >= 4 is 17.0 Å². The SMILES string of the molecule is CO/N=C(\COCc1cc(C(F)(F)F)cc(C(F)(F)F)c1)C(CCN1CCN(C)CC1)c1cccs1. The summed E-state index contributed by atoms with van der Waals surface area (Å²) in [5, 5.41) is 6.05. The maximum absolute atomic E-state index is 13.2. The molecule has 0 bridgehead atoms. The molecule has 0 spiro atoms. The van der Waals surface area contributed by atoms with Crippen LogP contribution < -0.4 is 0 Å². The highest BCUT2D eigenvalue weighted by Crippen LogP contribution is 2.36. The summed E-state index contributed by atoms with van der Waals surface area (Å²) in [7, 11) is 3.46. The van der Waals surface area contributed by atoms with Crippen molar-refractivity contribution in [3.63, 3.8) is 0 Å². The highest BCUT2D eigenvalue weighted by Gasteiger charge is 2.37. The molecule has 5 nitrogen and oxygen atoms in total. The number of piperazine rings is 1. The van der Waals surface area contributed by atoms with Crippen molar-refractivity contribution in [3.8, 4) is 0 Å². The molecule has 2 heterocycles. The van der Waals surface area contributed by atoms with Gasteiger partial charge in [-0.3, -0.25) is 0 Å². The number of ether oxygens (including phenoxy) is 1. The number of halogens is 6. The number of thiophene rings is 1. The summed E-state index contributed by atoms with van der Waals surface area (Å²) in [5.74, 6) is -0.156. The number of likely N-dealkylation sites (N-methyl/N-ethyl adjacent to an activating group) is 1. The van der Waals surface area contributed by atoms with Gasteiger partial charge in [0.1, 0.15) is 7.11 Å². The van der Waals surface area contributed by atoms with Crippen LogP contribution in [0.3, 0.4) is 0 Å². The minimum Gasteiger partial charge on any atom is -0.399 e. The average molecular weight is 538 g/mol. The molecule has 0 N–H and O–H groups in total. The number of hydrogen-bond acceptors (Lipinski definition) is 6. The molecule has 12 heteroatoms. The van der Waals surface area contributed by atoms with Crippen LogP contribution >= 0.6 is 11.3 Å². The van der Waals surface area contributed by atoms with Crippen LogP contribution in [0.5, 0.6) is 0 Å². The molecule has 0 radical (unpaired) electrons. The lowest BCUT2D eigenvalue weighted by Crippen LogP contribution is -2.45. The fourth-order valence-corrected chi connectivity index (χ4v) is 4.92. The largest absolute Gasteiger partial charge is 0.416 e. The number of benzene rings is 1. The molecule has 1 aliphatic heterocycles. The minimum atomic E-state index is -4.91. The van der Waals surface area contributed by atoms with Crippen LogP contribution in [-0.4, -0.2) is 69.0 Å². The molecular weight excluding hydrogens is 508 g/mol. The predicted molar refractivity (Wildman–Crippen MR) is 126 cm³/mol. The van der Waals surface area contributed by atoms with E-state index in [4.69, 9.17) is 9.57 Å². The number of hydrogen-bond donors (Lipinski definition) is 0. The number of rotatable bonds is 10. The molecular formula is C24H29F6N3O2S. The van der Waals surface area contributed by atoms with Gasteiger partial charge in [0.05, 0.1) is 30.1 Å². The quantitative estimate of drug-likeness (QED) is 0.221. The van der Waals surface area contributed by atoms with Gasteiger partial charge in [0.2, 0.25) is 0 Å². The van der Waals surface area contributed by atoms with Crippen molar-refractivity contribution in [2.24, 2.45) is 5.16 Å². The average Bonchev–Trinajstić information content (AvgIpc) is 3.34. The summed E-state index contributed by atoms with van der Waals surface area (Å²) in [4.78, 5) is 10.7. The van der Waals surface area contributed by atoms with Crippen molar-refractivity contribution in [2.75, 3.05) is 53.5 Å². The molecule has 200 valence electrons. The van der Waals surface area contributed by atoms with Crippen molar-refractivity contribution in [1.82, 2.24) is 9.80 Å². The molecule has 36 heavy (non-hydrogen) atoms. The molecule has 0 amide bonds. The lowest BCUT2D eigenvalue weighted by molar-refractivity contribution is -0.143. The van der Waals surface area contributed by atoms with Crippen molar-refractivity contribution in [2.45, 2.75) is 31.3 Å². The second-order valence-corrected chi connectivity index (χ2v) is 9.65. The summed E-state index contributed by atoms with van der Waals surface area (Å²) in [5.41, 5.74) is -2.44. The van der Waals surface area contributed by atoms with Gasteiger partial charge in [-0.05, 0) is 55.2 Å². The fourth-order valence-electron chi connectivity index (χ4n) is 4.03. The first-order valence-electron chi connectivity index (χ1n) is 11.4. The first kappa shape index (κ1) is 28.4. The minimum absolute atomic E-state index is 0.100. The van der Waals surface area contributed by atoms with Crippen LogP contribution in [0.1, 0.15) is 33.9 Å². The van der Waals surface area contributed by atoms with Crippen molar-refractivity contribution in [1.29, 1.82) is 0 Å². The van der Waals surface area contributed by atoms with Gasteiger partial charge in [-0.15, -0.1) is 11.3 Å². The standard InChI is InChI=1S/C24H29F6N3O2S/c1-32-7-9-33(10-8-32)6-5-20(22-4-3-11-36-22)21(31-34-2)16-35-15-17-12-18(23(25,26)27)14-19(13-17)24(28,29)30/h3-4,11-14,20H,5-10,15-16H2,1-2H3/b31-21+. The second-order valence-electron chi connectivity index (χ2n) is 8.67. The third kappa shape index (κ3) is 8.19.